The summed E-state index contributed by atoms with van der Waals surface area (Å²) in [6.07, 6.45) is 3.63. The van der Waals surface area contributed by atoms with Gasteiger partial charge in [-0.1, -0.05) is 6.07 Å². The zero-order valence-electron chi connectivity index (χ0n) is 11.3. The summed E-state index contributed by atoms with van der Waals surface area (Å²) in [5.74, 6) is 0.453. The lowest BCUT2D eigenvalue weighted by Crippen LogP contribution is -2.30. The van der Waals surface area contributed by atoms with Crippen molar-refractivity contribution in [2.75, 3.05) is 13.1 Å². The molecular formula is C15H20N2O2. The molecule has 0 aliphatic carbocycles. The fourth-order valence-corrected chi connectivity index (χ4v) is 2.97. The van der Waals surface area contributed by atoms with E-state index in [2.05, 4.69) is 17.4 Å². The third kappa shape index (κ3) is 2.45. The van der Waals surface area contributed by atoms with Crippen LogP contribution in [0.1, 0.15) is 25.3 Å². The lowest BCUT2D eigenvalue weighted by atomic mass is 9.92. The number of rotatable bonds is 3. The summed E-state index contributed by atoms with van der Waals surface area (Å²) in [6.45, 7) is 4.87. The summed E-state index contributed by atoms with van der Waals surface area (Å²) in [4.78, 5) is 11.7. The Hall–Kier alpha value is -1.55. The van der Waals surface area contributed by atoms with Gasteiger partial charge in [-0.25, -0.2) is 4.79 Å². The Morgan fingerprint density at radius 1 is 1.47 bits per heavy atom. The first-order valence-electron chi connectivity index (χ1n) is 7.11. The van der Waals surface area contributed by atoms with Crippen LogP contribution in [0.5, 0.6) is 0 Å². The van der Waals surface area contributed by atoms with E-state index in [9.17, 15) is 4.79 Å². The van der Waals surface area contributed by atoms with E-state index in [1.165, 1.54) is 18.4 Å². The lowest BCUT2D eigenvalue weighted by Gasteiger charge is -2.22. The molecule has 0 saturated carbocycles. The highest BCUT2D eigenvalue weighted by molar-refractivity contribution is 5.73. The van der Waals surface area contributed by atoms with Crippen LogP contribution in [0.3, 0.4) is 0 Å². The Bertz CT molecular complexity index is 621. The SMILES string of the molecule is CCn1c(=O)oc2ccc(CC3CCCNC3)cc21. The Labute approximate surface area is 112 Å². The number of nitrogens with one attached hydrogen (secondary N) is 1. The molecule has 1 aromatic heterocycles. The van der Waals surface area contributed by atoms with Gasteiger partial charge in [0.1, 0.15) is 0 Å². The molecule has 4 nitrogen and oxygen atoms in total. The smallest absolute Gasteiger partial charge is 0.408 e. The average Bonchev–Trinajstić information content (AvgIpc) is 2.74. The van der Waals surface area contributed by atoms with Crippen molar-refractivity contribution in [3.8, 4) is 0 Å². The van der Waals surface area contributed by atoms with Crippen molar-refractivity contribution < 1.29 is 4.42 Å². The van der Waals surface area contributed by atoms with E-state index in [0.717, 1.165) is 25.0 Å². The molecule has 2 heterocycles. The Balaban J connectivity index is 1.89. The van der Waals surface area contributed by atoms with Crippen molar-refractivity contribution in [2.45, 2.75) is 32.7 Å². The topological polar surface area (TPSA) is 47.2 Å². The molecular weight excluding hydrogens is 240 g/mol. The minimum atomic E-state index is -0.256. The van der Waals surface area contributed by atoms with E-state index in [1.807, 2.05) is 13.0 Å². The van der Waals surface area contributed by atoms with Crippen molar-refractivity contribution in [3.05, 3.63) is 34.3 Å². The van der Waals surface area contributed by atoms with E-state index in [4.69, 9.17) is 4.42 Å². The number of aryl methyl sites for hydroxylation is 1. The van der Waals surface area contributed by atoms with Gasteiger partial charge in [-0.05, 0) is 62.9 Å². The molecule has 1 unspecified atom stereocenters. The number of aromatic nitrogens is 1. The third-order valence-electron chi connectivity index (χ3n) is 3.97. The van der Waals surface area contributed by atoms with Gasteiger partial charge in [0, 0.05) is 6.54 Å². The highest BCUT2D eigenvalue weighted by Crippen LogP contribution is 2.20. The molecule has 0 amide bonds. The van der Waals surface area contributed by atoms with Crippen LogP contribution in [0.25, 0.3) is 11.1 Å². The van der Waals surface area contributed by atoms with Crippen LogP contribution in [0, 0.1) is 5.92 Å². The average molecular weight is 260 g/mol. The van der Waals surface area contributed by atoms with Crippen LogP contribution in [-0.4, -0.2) is 17.7 Å². The fourth-order valence-electron chi connectivity index (χ4n) is 2.97. The lowest BCUT2D eigenvalue weighted by molar-refractivity contribution is 0.376. The summed E-state index contributed by atoms with van der Waals surface area (Å²) in [6, 6.07) is 6.12. The quantitative estimate of drug-likeness (QED) is 0.920. The van der Waals surface area contributed by atoms with Gasteiger partial charge >= 0.3 is 5.76 Å². The molecule has 1 aliphatic rings. The fraction of sp³-hybridized carbons (Fsp3) is 0.533. The summed E-state index contributed by atoms with van der Waals surface area (Å²) in [5.41, 5.74) is 2.91. The molecule has 102 valence electrons. The molecule has 1 saturated heterocycles. The maximum atomic E-state index is 11.7. The maximum Gasteiger partial charge on any atom is 0.419 e. The second-order valence-corrected chi connectivity index (χ2v) is 5.33. The monoisotopic (exact) mass is 260 g/mol. The molecule has 0 bridgehead atoms. The van der Waals surface area contributed by atoms with Gasteiger partial charge in [-0.2, -0.15) is 0 Å². The summed E-state index contributed by atoms with van der Waals surface area (Å²) >= 11 is 0. The normalized spacial score (nSPS) is 19.9. The van der Waals surface area contributed by atoms with Gasteiger partial charge in [0.05, 0.1) is 5.52 Å². The van der Waals surface area contributed by atoms with Crippen LogP contribution in [0.2, 0.25) is 0 Å². The first-order chi connectivity index (χ1) is 9.28. The Morgan fingerprint density at radius 3 is 3.11 bits per heavy atom. The van der Waals surface area contributed by atoms with E-state index >= 15 is 0 Å². The molecule has 19 heavy (non-hydrogen) atoms. The van der Waals surface area contributed by atoms with E-state index in [0.29, 0.717) is 18.0 Å². The van der Waals surface area contributed by atoms with Crippen LogP contribution in [-0.2, 0) is 13.0 Å². The van der Waals surface area contributed by atoms with Crippen molar-refractivity contribution in [1.82, 2.24) is 9.88 Å². The summed E-state index contributed by atoms with van der Waals surface area (Å²) in [5, 5.41) is 3.45. The molecule has 0 radical (unpaired) electrons. The highest BCUT2D eigenvalue weighted by Gasteiger charge is 2.15. The van der Waals surface area contributed by atoms with Crippen LogP contribution in [0.15, 0.2) is 27.4 Å². The van der Waals surface area contributed by atoms with E-state index < -0.39 is 0 Å². The Kier molecular flexibility index (Phi) is 3.42. The van der Waals surface area contributed by atoms with E-state index in [-0.39, 0.29) is 5.76 Å². The molecule has 4 heteroatoms. The van der Waals surface area contributed by atoms with E-state index in [1.54, 1.807) is 4.57 Å². The largest absolute Gasteiger partial charge is 0.419 e. The van der Waals surface area contributed by atoms with Gasteiger partial charge in [0.25, 0.3) is 0 Å². The molecule has 2 aromatic rings. The van der Waals surface area contributed by atoms with Crippen molar-refractivity contribution in [2.24, 2.45) is 5.92 Å². The van der Waals surface area contributed by atoms with Crippen molar-refractivity contribution in [3.63, 3.8) is 0 Å². The predicted octanol–water partition coefficient (Wildman–Crippen LogP) is 2.16. The maximum absolute atomic E-state index is 11.7. The number of hydrogen-bond acceptors (Lipinski definition) is 3. The summed E-state index contributed by atoms with van der Waals surface area (Å²) < 4.78 is 6.92. The molecule has 1 aromatic carbocycles. The number of benzene rings is 1. The minimum absolute atomic E-state index is 0.256. The van der Waals surface area contributed by atoms with Crippen LogP contribution in [0.4, 0.5) is 0 Å². The standard InChI is InChI=1S/C15H20N2O2/c1-2-17-13-9-11(5-6-14(13)19-15(17)18)8-12-4-3-7-16-10-12/h5-6,9,12,16H,2-4,7-8,10H2,1H3. The van der Waals surface area contributed by atoms with Crippen LogP contribution >= 0.6 is 0 Å². The molecule has 1 atom stereocenters. The number of hydrogen-bond donors (Lipinski definition) is 1. The molecule has 1 N–H and O–H groups in total. The second-order valence-electron chi connectivity index (χ2n) is 5.33. The first kappa shape index (κ1) is 12.5. The predicted molar refractivity (Wildman–Crippen MR) is 75.4 cm³/mol. The number of nitrogens with zero attached hydrogens (tertiary/aromatic N) is 1. The van der Waals surface area contributed by atoms with Gasteiger partial charge < -0.3 is 9.73 Å². The zero-order valence-corrected chi connectivity index (χ0v) is 11.3. The van der Waals surface area contributed by atoms with Gasteiger partial charge in [0.15, 0.2) is 5.58 Å². The molecule has 3 rings (SSSR count). The second kappa shape index (κ2) is 5.21. The number of piperidine rings is 1. The zero-order chi connectivity index (χ0) is 13.2. The van der Waals surface area contributed by atoms with Gasteiger partial charge in [-0.3, -0.25) is 4.57 Å². The molecule has 1 aliphatic heterocycles. The molecule has 0 spiro atoms. The number of oxazole rings is 1. The minimum Gasteiger partial charge on any atom is -0.408 e. The van der Waals surface area contributed by atoms with Gasteiger partial charge in [0.2, 0.25) is 0 Å². The van der Waals surface area contributed by atoms with Crippen molar-refractivity contribution in [1.29, 1.82) is 0 Å². The Morgan fingerprint density at radius 2 is 2.37 bits per heavy atom. The third-order valence-corrected chi connectivity index (χ3v) is 3.97. The highest BCUT2D eigenvalue weighted by atomic mass is 16.4. The first-order valence-corrected chi connectivity index (χ1v) is 7.11. The number of fused-ring (bicyclic) bond motifs is 1. The van der Waals surface area contributed by atoms with Gasteiger partial charge in [-0.15, -0.1) is 0 Å². The molecule has 1 fully saturated rings. The van der Waals surface area contributed by atoms with Crippen molar-refractivity contribution >= 4 is 11.1 Å². The van der Waals surface area contributed by atoms with Crippen LogP contribution < -0.4 is 11.1 Å². The summed E-state index contributed by atoms with van der Waals surface area (Å²) in [7, 11) is 0.